The van der Waals surface area contributed by atoms with Gasteiger partial charge < -0.3 is 4.98 Å². The van der Waals surface area contributed by atoms with Crippen molar-refractivity contribution in [1.82, 2.24) is 14.5 Å². The van der Waals surface area contributed by atoms with E-state index in [4.69, 9.17) is 0 Å². The zero-order valence-electron chi connectivity index (χ0n) is 11.8. The van der Waals surface area contributed by atoms with Crippen molar-refractivity contribution in [3.8, 4) is 0 Å². The van der Waals surface area contributed by atoms with Crippen LogP contribution in [0.25, 0.3) is 21.9 Å². The number of fused-ring (bicyclic) bond motifs is 3. The predicted octanol–water partition coefficient (Wildman–Crippen LogP) is 3.32. The molecule has 2 heterocycles. The van der Waals surface area contributed by atoms with Crippen LogP contribution in [0.15, 0.2) is 33.7 Å². The minimum absolute atomic E-state index is 0.0727. The van der Waals surface area contributed by atoms with E-state index in [1.54, 1.807) is 6.20 Å². The van der Waals surface area contributed by atoms with Crippen LogP contribution in [-0.2, 0) is 4.79 Å². The first-order valence-corrected chi connectivity index (χ1v) is 8.13. The largest absolute Gasteiger partial charge is 0.326 e. The number of Topliss-reactive ketones (excluding diaryl/α,β-unsaturated/α-hetero) is 1. The van der Waals surface area contributed by atoms with Gasteiger partial charge in [-0.2, -0.15) is 0 Å². The molecule has 0 unspecified atom stereocenters. The number of pyridine rings is 1. The van der Waals surface area contributed by atoms with Crippen LogP contribution in [0.3, 0.4) is 0 Å². The van der Waals surface area contributed by atoms with Crippen molar-refractivity contribution in [1.29, 1.82) is 0 Å². The van der Waals surface area contributed by atoms with Gasteiger partial charge in [0.2, 0.25) is 0 Å². The first-order chi connectivity index (χ1) is 10.6. The molecule has 5 nitrogen and oxygen atoms in total. The molecule has 1 aliphatic rings. The van der Waals surface area contributed by atoms with E-state index in [9.17, 15) is 9.59 Å². The summed E-state index contributed by atoms with van der Waals surface area (Å²) in [7, 11) is 0. The van der Waals surface area contributed by atoms with Crippen LogP contribution >= 0.6 is 15.9 Å². The Morgan fingerprint density at radius 3 is 2.77 bits per heavy atom. The number of carbonyl (C=O) groups is 1. The molecule has 112 valence electrons. The molecule has 2 aromatic heterocycles. The summed E-state index contributed by atoms with van der Waals surface area (Å²) in [5, 5.41) is 0.946. The number of aromatic amines is 1. The number of carbonyl (C=O) groups excluding carboxylic acids is 1. The predicted molar refractivity (Wildman–Crippen MR) is 88.1 cm³/mol. The first-order valence-electron chi connectivity index (χ1n) is 7.33. The molecule has 1 aliphatic carbocycles. The van der Waals surface area contributed by atoms with E-state index in [-0.39, 0.29) is 11.7 Å². The zero-order valence-corrected chi connectivity index (χ0v) is 13.4. The number of hydrogen-bond donors (Lipinski definition) is 1. The number of ketones is 1. The third-order valence-electron chi connectivity index (χ3n) is 4.38. The van der Waals surface area contributed by atoms with Gasteiger partial charge in [0.15, 0.2) is 0 Å². The minimum atomic E-state index is -0.122. The van der Waals surface area contributed by atoms with Gasteiger partial charge in [0.25, 0.3) is 0 Å². The van der Waals surface area contributed by atoms with Crippen LogP contribution in [0.5, 0.6) is 0 Å². The Kier molecular flexibility index (Phi) is 3.14. The SMILES string of the molecule is O=C1CCC(n2c(=O)[nH]c3cnc4ccc(Br)cc4c32)CC1. The van der Waals surface area contributed by atoms with Gasteiger partial charge in [-0.05, 0) is 31.0 Å². The van der Waals surface area contributed by atoms with E-state index in [1.807, 2.05) is 22.8 Å². The van der Waals surface area contributed by atoms with Crippen LogP contribution in [-0.4, -0.2) is 20.3 Å². The summed E-state index contributed by atoms with van der Waals surface area (Å²) in [5.74, 6) is 0.290. The van der Waals surface area contributed by atoms with Crippen LogP contribution < -0.4 is 5.69 Å². The monoisotopic (exact) mass is 359 g/mol. The van der Waals surface area contributed by atoms with Crippen LogP contribution in [0.2, 0.25) is 0 Å². The lowest BCUT2D eigenvalue weighted by atomic mass is 9.94. The highest BCUT2D eigenvalue weighted by Gasteiger charge is 2.24. The fraction of sp³-hybridized carbons (Fsp3) is 0.312. The molecule has 0 bridgehead atoms. The minimum Gasteiger partial charge on any atom is -0.304 e. The highest BCUT2D eigenvalue weighted by atomic mass is 79.9. The van der Waals surface area contributed by atoms with Crippen molar-refractivity contribution >= 4 is 43.6 Å². The zero-order chi connectivity index (χ0) is 15.3. The number of nitrogens with one attached hydrogen (secondary N) is 1. The summed E-state index contributed by atoms with van der Waals surface area (Å²) in [6.07, 6.45) is 4.26. The smallest absolute Gasteiger partial charge is 0.304 e. The van der Waals surface area contributed by atoms with Gasteiger partial charge in [-0.15, -0.1) is 0 Å². The summed E-state index contributed by atoms with van der Waals surface area (Å²) in [6.45, 7) is 0. The third-order valence-corrected chi connectivity index (χ3v) is 4.87. The van der Waals surface area contributed by atoms with Gasteiger partial charge in [-0.25, -0.2) is 4.79 Å². The van der Waals surface area contributed by atoms with Crippen molar-refractivity contribution in [2.75, 3.05) is 0 Å². The van der Waals surface area contributed by atoms with E-state index in [0.717, 1.165) is 39.3 Å². The molecule has 0 aliphatic heterocycles. The number of aromatic nitrogens is 3. The number of H-pyrrole nitrogens is 1. The van der Waals surface area contributed by atoms with E-state index in [1.165, 1.54) is 0 Å². The van der Waals surface area contributed by atoms with Crippen LogP contribution in [0.1, 0.15) is 31.7 Å². The fourth-order valence-electron chi connectivity index (χ4n) is 3.31. The highest BCUT2D eigenvalue weighted by molar-refractivity contribution is 9.10. The highest BCUT2D eigenvalue weighted by Crippen LogP contribution is 2.31. The first kappa shape index (κ1) is 13.7. The number of benzene rings is 1. The lowest BCUT2D eigenvalue weighted by Crippen LogP contribution is -2.26. The lowest BCUT2D eigenvalue weighted by Gasteiger charge is -2.22. The Morgan fingerprint density at radius 2 is 2.00 bits per heavy atom. The maximum absolute atomic E-state index is 12.4. The molecule has 1 aromatic carbocycles. The molecule has 3 aromatic rings. The quantitative estimate of drug-likeness (QED) is 0.724. The van der Waals surface area contributed by atoms with Crippen molar-refractivity contribution in [2.24, 2.45) is 0 Å². The van der Waals surface area contributed by atoms with Crippen molar-refractivity contribution in [3.63, 3.8) is 0 Å². The van der Waals surface area contributed by atoms with E-state index in [2.05, 4.69) is 25.9 Å². The molecule has 0 atom stereocenters. The maximum atomic E-state index is 12.4. The summed E-state index contributed by atoms with van der Waals surface area (Å²) < 4.78 is 2.77. The van der Waals surface area contributed by atoms with Gasteiger partial charge in [0, 0.05) is 28.7 Å². The lowest BCUT2D eigenvalue weighted by molar-refractivity contribution is -0.120. The standard InChI is InChI=1S/C16H14BrN3O2/c17-9-1-6-13-12(7-9)15-14(8-18-13)19-16(22)20(15)10-2-4-11(21)5-3-10/h1,6-8,10H,2-5H2,(H,19,22). The van der Waals surface area contributed by atoms with E-state index in [0.29, 0.717) is 18.6 Å². The Hall–Kier alpha value is -1.95. The second kappa shape index (κ2) is 5.05. The molecule has 6 heteroatoms. The number of rotatable bonds is 1. The molecule has 1 N–H and O–H groups in total. The van der Waals surface area contributed by atoms with Gasteiger partial charge in [-0.3, -0.25) is 14.3 Å². The van der Waals surface area contributed by atoms with Gasteiger partial charge in [-0.1, -0.05) is 15.9 Å². The Balaban J connectivity index is 2.01. The Morgan fingerprint density at radius 1 is 1.23 bits per heavy atom. The molecular formula is C16H14BrN3O2. The summed E-state index contributed by atoms with van der Waals surface area (Å²) in [5.41, 5.74) is 2.36. The number of imidazole rings is 1. The van der Waals surface area contributed by atoms with Crippen LogP contribution in [0, 0.1) is 0 Å². The Bertz CT molecular complexity index is 947. The maximum Gasteiger partial charge on any atom is 0.326 e. The number of hydrogen-bond acceptors (Lipinski definition) is 3. The van der Waals surface area contributed by atoms with Crippen LogP contribution in [0.4, 0.5) is 0 Å². The average molecular weight is 360 g/mol. The Labute approximate surface area is 134 Å². The summed E-state index contributed by atoms with van der Waals surface area (Å²) in [4.78, 5) is 31.2. The van der Waals surface area contributed by atoms with Crippen molar-refractivity contribution in [3.05, 3.63) is 39.4 Å². The average Bonchev–Trinajstić information content (AvgIpc) is 2.84. The second-order valence-corrected chi connectivity index (χ2v) is 6.67. The number of halogens is 1. The normalized spacial score (nSPS) is 16.7. The molecule has 4 rings (SSSR count). The van der Waals surface area contributed by atoms with Gasteiger partial charge >= 0.3 is 5.69 Å². The molecule has 0 radical (unpaired) electrons. The van der Waals surface area contributed by atoms with Gasteiger partial charge in [0.1, 0.15) is 5.78 Å². The second-order valence-electron chi connectivity index (χ2n) is 5.75. The van der Waals surface area contributed by atoms with Crippen molar-refractivity contribution < 1.29 is 4.79 Å². The van der Waals surface area contributed by atoms with Gasteiger partial charge in [0.05, 0.1) is 22.7 Å². The molecule has 0 amide bonds. The topological polar surface area (TPSA) is 67.8 Å². The molecule has 0 spiro atoms. The molecule has 0 saturated heterocycles. The number of nitrogens with zero attached hydrogens (tertiary/aromatic N) is 2. The summed E-state index contributed by atoms with van der Waals surface area (Å²) in [6, 6.07) is 5.94. The fourth-order valence-corrected chi connectivity index (χ4v) is 3.67. The molecule has 22 heavy (non-hydrogen) atoms. The molecule has 1 saturated carbocycles. The third kappa shape index (κ3) is 2.09. The van der Waals surface area contributed by atoms with E-state index < -0.39 is 0 Å². The summed E-state index contributed by atoms with van der Waals surface area (Å²) >= 11 is 3.48. The van der Waals surface area contributed by atoms with Crippen molar-refractivity contribution in [2.45, 2.75) is 31.7 Å². The van der Waals surface area contributed by atoms with E-state index >= 15 is 0 Å². The molecular weight excluding hydrogens is 346 g/mol. The molecule has 1 fully saturated rings.